The Kier molecular flexibility index (Phi) is 5.16. The zero-order valence-corrected chi connectivity index (χ0v) is 13.3. The molecule has 0 aliphatic heterocycles. The molecule has 0 saturated heterocycles. The summed E-state index contributed by atoms with van der Waals surface area (Å²) in [4.78, 5) is 23.4. The first-order valence-corrected chi connectivity index (χ1v) is 7.79. The van der Waals surface area contributed by atoms with Gasteiger partial charge in [-0.3, -0.25) is 9.59 Å². The molecule has 0 saturated carbocycles. The zero-order valence-electron chi connectivity index (χ0n) is 22.3. The van der Waals surface area contributed by atoms with E-state index in [1.807, 2.05) is 0 Å². The molecule has 0 radical (unpaired) electrons. The molecule has 0 fully saturated rings. The lowest BCUT2D eigenvalue weighted by Gasteiger charge is -2.28. The van der Waals surface area contributed by atoms with Crippen LogP contribution in [0.3, 0.4) is 0 Å². The van der Waals surface area contributed by atoms with E-state index in [4.69, 9.17) is 22.2 Å². The average molecular weight is 326 g/mol. The topological polar surface area (TPSA) is 63.6 Å². The molecule has 0 amide bonds. The van der Waals surface area contributed by atoms with Gasteiger partial charge in [0.25, 0.3) is 0 Å². The number of carbonyl (C=O) groups excluding carboxylic acids is 1. The first-order valence-electron chi connectivity index (χ1n) is 12.3. The van der Waals surface area contributed by atoms with E-state index in [1.165, 1.54) is 0 Å². The van der Waals surface area contributed by atoms with E-state index in [9.17, 15) is 9.59 Å². The summed E-state index contributed by atoms with van der Waals surface area (Å²) in [5, 5.41) is 9.10. The molecule has 0 aromatic carbocycles. The minimum Gasteiger partial charge on any atom is -0.481 e. The lowest BCUT2D eigenvalue weighted by molar-refractivity contribution is -0.873. The van der Waals surface area contributed by atoms with E-state index >= 15 is 0 Å². The molecule has 0 aromatic rings. The predicted molar refractivity (Wildman–Crippen MR) is 87.6 cm³/mol. The number of esters is 1. The van der Waals surface area contributed by atoms with E-state index in [-0.39, 0.29) is 6.42 Å². The Morgan fingerprint density at radius 2 is 1.68 bits per heavy atom. The smallest absolute Gasteiger partial charge is 0.307 e. The predicted octanol–water partition coefficient (Wildman–Crippen LogP) is 3.22. The first kappa shape index (κ1) is 9.91. The highest BCUT2D eigenvalue weighted by Gasteiger charge is 2.24. The molecule has 5 heteroatoms. The van der Waals surface area contributed by atoms with Crippen molar-refractivity contribution in [3.63, 3.8) is 0 Å². The molecule has 0 rings (SSSR count). The monoisotopic (exact) mass is 325 g/mol. The normalized spacial score (nSPS) is 20.7. The third kappa shape index (κ3) is 13.9. The van der Waals surface area contributed by atoms with Gasteiger partial charge in [-0.25, -0.2) is 0 Å². The van der Waals surface area contributed by atoms with Gasteiger partial charge in [-0.2, -0.15) is 0 Å². The van der Waals surface area contributed by atoms with E-state index in [1.54, 1.807) is 0 Å². The summed E-state index contributed by atoms with van der Waals surface area (Å²) in [5.41, 5.74) is 0. The molecule has 130 valence electrons. The molecular weight excluding hydrogens is 282 g/mol. The largest absolute Gasteiger partial charge is 0.481 e. The lowest BCUT2D eigenvalue weighted by Crippen LogP contribution is -2.43. The molecule has 0 unspecified atom stereocenters. The van der Waals surface area contributed by atoms with Crippen molar-refractivity contribution in [1.29, 1.82) is 0 Å². The third-order valence-electron chi connectivity index (χ3n) is 3.16. The van der Waals surface area contributed by atoms with Crippen LogP contribution in [0.15, 0.2) is 0 Å². The molecular formula is C17H34NO4+. The highest BCUT2D eigenvalue weighted by atomic mass is 16.5. The standard InChI is InChI=1S/C17H33NO4/c1-5-6-7-8-9-10-11-12-17(21)22-15(13-16(19)20)14-18(2,3)4/h15H,5-14H2,1-4H3/p+1/t15-/m1/s1/i2D3,3D3,4D3. The molecule has 0 aromatic heterocycles. The quantitative estimate of drug-likeness (QED) is 0.321. The van der Waals surface area contributed by atoms with Gasteiger partial charge < -0.3 is 14.3 Å². The van der Waals surface area contributed by atoms with Crippen LogP contribution in [-0.2, 0) is 14.3 Å². The second kappa shape index (κ2) is 11.5. The van der Waals surface area contributed by atoms with Crippen LogP contribution in [0.5, 0.6) is 0 Å². The molecule has 0 spiro atoms. The molecule has 0 aliphatic rings. The Balaban J connectivity index is 5.37. The maximum absolute atomic E-state index is 12.2. The first-order chi connectivity index (χ1) is 14.0. The van der Waals surface area contributed by atoms with Crippen molar-refractivity contribution in [2.75, 3.05) is 27.5 Å². The summed E-state index contributed by atoms with van der Waals surface area (Å²) in [6.07, 6.45) is 3.82. The van der Waals surface area contributed by atoms with E-state index in [0.717, 1.165) is 38.5 Å². The van der Waals surface area contributed by atoms with Crippen molar-refractivity contribution in [2.45, 2.75) is 70.8 Å². The van der Waals surface area contributed by atoms with Crippen LogP contribution >= 0.6 is 0 Å². The number of aliphatic carboxylic acids is 1. The second-order valence-corrected chi connectivity index (χ2v) is 5.57. The number of carboxylic acids is 1. The number of carboxylic acid groups (broad SMARTS) is 1. The van der Waals surface area contributed by atoms with Crippen molar-refractivity contribution in [2.24, 2.45) is 0 Å². The highest BCUT2D eigenvalue weighted by molar-refractivity contribution is 5.71. The van der Waals surface area contributed by atoms with Crippen molar-refractivity contribution in [3.8, 4) is 0 Å². The van der Waals surface area contributed by atoms with E-state index in [2.05, 4.69) is 6.92 Å². The fourth-order valence-corrected chi connectivity index (χ4v) is 2.11. The Morgan fingerprint density at radius 3 is 2.23 bits per heavy atom. The highest BCUT2D eigenvalue weighted by Crippen LogP contribution is 2.11. The minimum atomic E-state index is -3.54. The maximum atomic E-state index is 12.2. The number of hydrogen-bond donors (Lipinski definition) is 1. The van der Waals surface area contributed by atoms with Crippen molar-refractivity contribution in [1.82, 2.24) is 0 Å². The van der Waals surface area contributed by atoms with Crippen LogP contribution in [0.2, 0.25) is 0 Å². The van der Waals surface area contributed by atoms with Gasteiger partial charge in [0.15, 0.2) is 6.10 Å². The van der Waals surface area contributed by atoms with E-state index < -0.39 is 56.4 Å². The third-order valence-corrected chi connectivity index (χ3v) is 3.16. The van der Waals surface area contributed by atoms with Crippen LogP contribution < -0.4 is 0 Å². The zero-order chi connectivity index (χ0) is 24.5. The molecule has 0 bridgehead atoms. The van der Waals surface area contributed by atoms with Gasteiger partial charge in [-0.15, -0.1) is 0 Å². The maximum Gasteiger partial charge on any atom is 0.307 e. The Labute approximate surface area is 147 Å². The summed E-state index contributed by atoms with van der Waals surface area (Å²) < 4.78 is 71.2. The Morgan fingerprint density at radius 1 is 1.09 bits per heavy atom. The van der Waals surface area contributed by atoms with Gasteiger partial charge in [-0.05, 0) is 6.42 Å². The number of carbonyl (C=O) groups is 2. The second-order valence-electron chi connectivity index (χ2n) is 5.57. The average Bonchev–Trinajstić information content (AvgIpc) is 2.54. The number of quaternary nitrogens is 1. The molecule has 1 atom stereocenters. The number of rotatable bonds is 13. The molecule has 5 nitrogen and oxygen atoms in total. The van der Waals surface area contributed by atoms with Crippen molar-refractivity contribution >= 4 is 11.9 Å². The van der Waals surface area contributed by atoms with Crippen molar-refractivity contribution < 1.29 is 36.3 Å². The number of ether oxygens (including phenoxy) is 1. The number of nitrogens with zero attached hydrogens (tertiary/aromatic N) is 1. The van der Waals surface area contributed by atoms with Gasteiger partial charge in [0, 0.05) is 6.42 Å². The SMILES string of the molecule is [2H]C([2H])([2H])[N+](C[C@@H](CC(=O)O)OC(=O)CCCCCCCCC)(C([2H])([2H])[2H])C([2H])([2H])[2H]. The number of hydrogen-bond acceptors (Lipinski definition) is 3. The van der Waals surface area contributed by atoms with Crippen LogP contribution in [0.1, 0.15) is 77.0 Å². The fourth-order valence-electron chi connectivity index (χ4n) is 2.11. The van der Waals surface area contributed by atoms with E-state index in [0.29, 0.717) is 6.42 Å². The summed E-state index contributed by atoms with van der Waals surface area (Å²) in [7, 11) is 0. The van der Waals surface area contributed by atoms with Gasteiger partial charge in [-0.1, -0.05) is 45.4 Å². The lowest BCUT2D eigenvalue weighted by atomic mass is 10.1. The van der Waals surface area contributed by atoms with Gasteiger partial charge in [0.2, 0.25) is 0 Å². The Hall–Kier alpha value is -1.10. The van der Waals surface area contributed by atoms with Crippen LogP contribution in [-0.4, -0.2) is 55.1 Å². The van der Waals surface area contributed by atoms with Crippen LogP contribution in [0.25, 0.3) is 0 Å². The summed E-state index contributed by atoms with van der Waals surface area (Å²) in [5.74, 6) is -2.30. The summed E-state index contributed by atoms with van der Waals surface area (Å²) in [6, 6.07) is 0. The summed E-state index contributed by atoms with van der Waals surface area (Å²) >= 11 is 0. The number of likely N-dealkylation sites (N-methyl/N-ethyl adjacent to an activating group) is 1. The van der Waals surface area contributed by atoms with Crippen LogP contribution in [0, 0.1) is 0 Å². The minimum absolute atomic E-state index is 0.0563. The molecule has 0 aliphatic carbocycles. The van der Waals surface area contributed by atoms with Gasteiger partial charge in [0.05, 0.1) is 39.7 Å². The van der Waals surface area contributed by atoms with Crippen molar-refractivity contribution in [3.05, 3.63) is 0 Å². The fraction of sp³-hybridized carbons (Fsp3) is 0.882. The molecule has 0 heterocycles. The van der Waals surface area contributed by atoms with Gasteiger partial charge >= 0.3 is 11.9 Å². The molecule has 1 N–H and O–H groups in total. The summed E-state index contributed by atoms with van der Waals surface area (Å²) in [6.45, 7) is -9.74. The number of unbranched alkanes of at least 4 members (excludes halogenated alkanes) is 6. The molecule has 22 heavy (non-hydrogen) atoms. The van der Waals surface area contributed by atoms with Gasteiger partial charge in [0.1, 0.15) is 6.54 Å². The Bertz CT molecular complexity index is 537. The van der Waals surface area contributed by atoms with Crippen LogP contribution in [0.4, 0.5) is 0 Å².